The fourth-order valence-corrected chi connectivity index (χ4v) is 4.01. The van der Waals surface area contributed by atoms with Crippen molar-refractivity contribution in [3.05, 3.63) is 30.5 Å². The minimum Gasteiger partial charge on any atom is -0.490 e. The van der Waals surface area contributed by atoms with Gasteiger partial charge in [-0.1, -0.05) is 6.07 Å². The molecule has 0 amide bonds. The number of ether oxygens (including phenoxy) is 2. The number of aromatic nitrogens is 1. The van der Waals surface area contributed by atoms with E-state index in [1.807, 2.05) is 0 Å². The second-order valence-electron chi connectivity index (χ2n) is 7.27. The van der Waals surface area contributed by atoms with Crippen molar-refractivity contribution in [3.63, 3.8) is 0 Å². The summed E-state index contributed by atoms with van der Waals surface area (Å²) in [7, 11) is 0. The molecule has 2 aliphatic rings. The third-order valence-corrected chi connectivity index (χ3v) is 5.38. The Morgan fingerprint density at radius 2 is 1.93 bits per heavy atom. The molecule has 148 valence electrons. The van der Waals surface area contributed by atoms with Gasteiger partial charge in [-0.3, -0.25) is 4.90 Å². The molecule has 0 bridgehead atoms. The summed E-state index contributed by atoms with van der Waals surface area (Å²) in [6.45, 7) is 1.54. The largest absolute Gasteiger partial charge is 0.490 e. The molecule has 4 rings (SSSR count). The second kappa shape index (κ2) is 7.33. The van der Waals surface area contributed by atoms with Crippen LogP contribution in [0.4, 0.5) is 13.2 Å². The van der Waals surface area contributed by atoms with Crippen LogP contribution in [0.5, 0.6) is 5.75 Å². The van der Waals surface area contributed by atoms with Gasteiger partial charge in [0, 0.05) is 24.7 Å². The fourth-order valence-electron chi connectivity index (χ4n) is 4.01. The molecule has 8 heteroatoms. The highest BCUT2D eigenvalue weighted by molar-refractivity contribution is 5.86. The smallest absolute Gasteiger partial charge is 0.406 e. The van der Waals surface area contributed by atoms with E-state index in [4.69, 9.17) is 9.47 Å². The summed E-state index contributed by atoms with van der Waals surface area (Å²) < 4.78 is 50.8. The highest BCUT2D eigenvalue weighted by atomic mass is 19.4. The average molecular weight is 384 g/mol. The van der Waals surface area contributed by atoms with E-state index in [1.54, 1.807) is 24.3 Å². The number of halogens is 3. The van der Waals surface area contributed by atoms with Gasteiger partial charge in [0.2, 0.25) is 0 Å². The number of hydrogen-bond donors (Lipinski definition) is 1. The first kappa shape index (κ1) is 18.6. The summed E-state index contributed by atoms with van der Waals surface area (Å²) in [6, 6.07) is 6.94. The predicted molar refractivity (Wildman–Crippen MR) is 93.8 cm³/mol. The quantitative estimate of drug-likeness (QED) is 0.881. The summed E-state index contributed by atoms with van der Waals surface area (Å²) in [6.07, 6.45) is -1.62. The molecule has 2 unspecified atom stereocenters. The Morgan fingerprint density at radius 3 is 2.59 bits per heavy atom. The molecule has 27 heavy (non-hydrogen) atoms. The molecule has 1 aromatic heterocycles. The number of aliphatic hydroxyl groups is 1. The van der Waals surface area contributed by atoms with Gasteiger partial charge in [0.25, 0.3) is 0 Å². The lowest BCUT2D eigenvalue weighted by Crippen LogP contribution is -2.48. The zero-order valence-electron chi connectivity index (χ0n) is 14.9. The number of piperidine rings is 1. The molecule has 2 saturated heterocycles. The Balaban J connectivity index is 1.42. The van der Waals surface area contributed by atoms with Crippen LogP contribution in [-0.4, -0.2) is 65.3 Å². The van der Waals surface area contributed by atoms with Crippen LogP contribution in [0.3, 0.4) is 0 Å². The van der Waals surface area contributed by atoms with Crippen molar-refractivity contribution < 1.29 is 27.8 Å². The van der Waals surface area contributed by atoms with E-state index in [-0.39, 0.29) is 12.1 Å². The molecule has 0 radical (unpaired) electrons. The minimum atomic E-state index is -4.26. The zero-order valence-corrected chi connectivity index (χ0v) is 14.9. The third-order valence-electron chi connectivity index (χ3n) is 5.38. The summed E-state index contributed by atoms with van der Waals surface area (Å²) in [5.41, 5.74) is 0.522. The maximum absolute atomic E-state index is 12.7. The Labute approximate surface area is 155 Å². The maximum atomic E-state index is 12.7. The highest BCUT2D eigenvalue weighted by Gasteiger charge is 2.34. The van der Waals surface area contributed by atoms with Gasteiger partial charge >= 0.3 is 6.18 Å². The first-order chi connectivity index (χ1) is 12.9. The zero-order chi connectivity index (χ0) is 19.0. The van der Waals surface area contributed by atoms with Crippen molar-refractivity contribution in [2.24, 2.45) is 0 Å². The Bertz CT molecular complexity index is 784. The van der Waals surface area contributed by atoms with Crippen LogP contribution in [0.2, 0.25) is 0 Å². The molecule has 0 saturated carbocycles. The molecule has 0 aliphatic carbocycles. The van der Waals surface area contributed by atoms with Crippen LogP contribution in [0, 0.1) is 0 Å². The van der Waals surface area contributed by atoms with E-state index in [9.17, 15) is 18.3 Å². The average Bonchev–Trinajstić information content (AvgIpc) is 3.22. The molecule has 1 N–H and O–H groups in total. The Morgan fingerprint density at radius 1 is 1.15 bits per heavy atom. The number of fused-ring (bicyclic) bond motifs is 1. The monoisotopic (exact) mass is 384 g/mol. The number of aliphatic hydroxyl groups excluding tert-OH is 1. The van der Waals surface area contributed by atoms with Gasteiger partial charge < -0.3 is 19.1 Å². The van der Waals surface area contributed by atoms with E-state index in [1.165, 1.54) is 10.8 Å². The van der Waals surface area contributed by atoms with Crippen LogP contribution in [0.1, 0.15) is 12.8 Å². The predicted octanol–water partition coefficient (Wildman–Crippen LogP) is 2.81. The molecule has 3 heterocycles. The fraction of sp³-hybridized carbons (Fsp3) is 0.579. The van der Waals surface area contributed by atoms with Gasteiger partial charge in [0.15, 0.2) is 0 Å². The molecule has 2 aromatic rings. The van der Waals surface area contributed by atoms with Crippen molar-refractivity contribution in [2.75, 3.05) is 26.3 Å². The number of nitrogens with zero attached hydrogens (tertiary/aromatic N) is 2. The molecule has 0 spiro atoms. The number of alkyl halides is 3. The molecular formula is C19H23F3N2O3. The van der Waals surface area contributed by atoms with Gasteiger partial charge in [0.05, 0.1) is 30.9 Å². The standard InChI is InChI=1S/C19H23F3N2O3/c20-19(21,22)12-24-9-6-14-15(24)2-1-3-18(14)27-13-4-7-23(8-5-13)16-10-26-11-17(16)25/h1-3,6,9,13,16-17,25H,4-5,7-8,10-12H2. The van der Waals surface area contributed by atoms with E-state index < -0.39 is 18.8 Å². The third kappa shape index (κ3) is 4.07. The van der Waals surface area contributed by atoms with Crippen molar-refractivity contribution in [3.8, 4) is 5.75 Å². The van der Waals surface area contributed by atoms with Gasteiger partial charge in [-0.05, 0) is 31.0 Å². The SMILES string of the molecule is OC1COCC1N1CCC(Oc2cccc3c2ccn3CC(F)(F)F)CC1. The maximum Gasteiger partial charge on any atom is 0.406 e. The molecule has 2 atom stereocenters. The van der Waals surface area contributed by atoms with Crippen molar-refractivity contribution >= 4 is 10.9 Å². The molecule has 2 fully saturated rings. The normalized spacial score (nSPS) is 25.3. The number of likely N-dealkylation sites (tertiary alicyclic amines) is 1. The molecule has 1 aromatic carbocycles. The van der Waals surface area contributed by atoms with Crippen LogP contribution in [0.15, 0.2) is 30.5 Å². The van der Waals surface area contributed by atoms with Gasteiger partial charge in [-0.15, -0.1) is 0 Å². The van der Waals surface area contributed by atoms with Crippen LogP contribution in [-0.2, 0) is 11.3 Å². The second-order valence-corrected chi connectivity index (χ2v) is 7.27. The van der Waals surface area contributed by atoms with E-state index in [0.29, 0.717) is 29.9 Å². The summed E-state index contributed by atoms with van der Waals surface area (Å²) in [5, 5.41) is 10.7. The summed E-state index contributed by atoms with van der Waals surface area (Å²) in [5.74, 6) is 0.621. The number of rotatable bonds is 4. The lowest BCUT2D eigenvalue weighted by Gasteiger charge is -2.36. The number of benzene rings is 1. The van der Waals surface area contributed by atoms with E-state index in [2.05, 4.69) is 4.90 Å². The van der Waals surface area contributed by atoms with Crippen molar-refractivity contribution in [1.29, 1.82) is 0 Å². The first-order valence-corrected chi connectivity index (χ1v) is 9.22. The van der Waals surface area contributed by atoms with Gasteiger partial charge in [-0.25, -0.2) is 0 Å². The lowest BCUT2D eigenvalue weighted by atomic mass is 10.0. The van der Waals surface area contributed by atoms with Crippen LogP contribution >= 0.6 is 0 Å². The highest BCUT2D eigenvalue weighted by Crippen LogP contribution is 2.31. The van der Waals surface area contributed by atoms with Gasteiger partial charge in [0.1, 0.15) is 18.4 Å². The first-order valence-electron chi connectivity index (χ1n) is 9.22. The lowest BCUT2D eigenvalue weighted by molar-refractivity contribution is -0.139. The Kier molecular flexibility index (Phi) is 5.05. The molecule has 5 nitrogen and oxygen atoms in total. The molecular weight excluding hydrogens is 361 g/mol. The summed E-state index contributed by atoms with van der Waals surface area (Å²) in [4.78, 5) is 2.23. The number of hydrogen-bond acceptors (Lipinski definition) is 4. The Hall–Kier alpha value is -1.77. The summed E-state index contributed by atoms with van der Waals surface area (Å²) >= 11 is 0. The van der Waals surface area contributed by atoms with E-state index >= 15 is 0 Å². The topological polar surface area (TPSA) is 46.9 Å². The van der Waals surface area contributed by atoms with Crippen molar-refractivity contribution in [1.82, 2.24) is 9.47 Å². The van der Waals surface area contributed by atoms with Gasteiger partial charge in [-0.2, -0.15) is 13.2 Å². The van der Waals surface area contributed by atoms with Crippen molar-refractivity contribution in [2.45, 2.75) is 43.8 Å². The molecule has 2 aliphatic heterocycles. The van der Waals surface area contributed by atoms with E-state index in [0.717, 1.165) is 25.9 Å². The van der Waals surface area contributed by atoms with Crippen LogP contribution < -0.4 is 4.74 Å². The van der Waals surface area contributed by atoms with Crippen LogP contribution in [0.25, 0.3) is 10.9 Å². The minimum absolute atomic E-state index is 0.0114.